The minimum Gasteiger partial charge on any atom is -0.300 e. The molecule has 1 atom stereocenters. The molecule has 3 heteroatoms. The third kappa shape index (κ3) is 5.66. The molecule has 1 aromatic rings. The molecule has 1 aromatic heterocycles. The highest BCUT2D eigenvalue weighted by Crippen LogP contribution is 2.34. The summed E-state index contributed by atoms with van der Waals surface area (Å²) < 4.78 is 0. The van der Waals surface area contributed by atoms with Gasteiger partial charge in [0.2, 0.25) is 0 Å². The van der Waals surface area contributed by atoms with Crippen LogP contribution in [0.25, 0.3) is 12.2 Å². The number of rotatable bonds is 3. The van der Waals surface area contributed by atoms with Crippen LogP contribution in [0.3, 0.4) is 0 Å². The van der Waals surface area contributed by atoms with Gasteiger partial charge in [-0.05, 0) is 49.1 Å². The van der Waals surface area contributed by atoms with E-state index >= 15 is 0 Å². The molecule has 28 heavy (non-hydrogen) atoms. The van der Waals surface area contributed by atoms with Crippen LogP contribution in [0.5, 0.6) is 0 Å². The first kappa shape index (κ1) is 21.6. The Morgan fingerprint density at radius 1 is 1.14 bits per heavy atom. The van der Waals surface area contributed by atoms with Gasteiger partial charge in [-0.1, -0.05) is 69.4 Å². The first-order chi connectivity index (χ1) is 13.4. The SMILES string of the molecule is C/C=C1/C=CC=C/C1=N/N(C)CC.CC(C)C1(C)C=Cc2cccnc2C=C1. The van der Waals surface area contributed by atoms with Crippen molar-refractivity contribution in [1.82, 2.24) is 9.99 Å². The molecular weight excluding hydrogens is 342 g/mol. The molecule has 0 saturated carbocycles. The van der Waals surface area contributed by atoms with Gasteiger partial charge in [0.25, 0.3) is 0 Å². The molecule has 0 amide bonds. The topological polar surface area (TPSA) is 28.5 Å². The minimum atomic E-state index is 0.140. The second-order valence-electron chi connectivity index (χ2n) is 7.59. The number of hydrazone groups is 1. The highest BCUT2D eigenvalue weighted by Gasteiger charge is 2.23. The number of hydrogen-bond donors (Lipinski definition) is 0. The monoisotopic (exact) mass is 375 g/mol. The molecule has 0 aliphatic heterocycles. The van der Waals surface area contributed by atoms with Gasteiger partial charge in [-0.2, -0.15) is 5.10 Å². The van der Waals surface area contributed by atoms with Crippen LogP contribution < -0.4 is 0 Å². The summed E-state index contributed by atoms with van der Waals surface area (Å²) >= 11 is 0. The Balaban J connectivity index is 0.000000203. The molecule has 3 rings (SSSR count). The molecule has 2 aliphatic carbocycles. The Labute approximate surface area is 170 Å². The fourth-order valence-corrected chi connectivity index (χ4v) is 2.76. The van der Waals surface area contributed by atoms with Crippen LogP contribution in [0, 0.1) is 11.3 Å². The Morgan fingerprint density at radius 3 is 2.54 bits per heavy atom. The van der Waals surface area contributed by atoms with E-state index < -0.39 is 0 Å². The number of pyridine rings is 1. The van der Waals surface area contributed by atoms with Crippen LogP contribution in [0.2, 0.25) is 0 Å². The predicted octanol–water partition coefficient (Wildman–Crippen LogP) is 6.15. The predicted molar refractivity (Wildman–Crippen MR) is 123 cm³/mol. The van der Waals surface area contributed by atoms with E-state index in [-0.39, 0.29) is 5.41 Å². The van der Waals surface area contributed by atoms with E-state index in [9.17, 15) is 0 Å². The minimum absolute atomic E-state index is 0.140. The van der Waals surface area contributed by atoms with E-state index in [4.69, 9.17) is 0 Å². The van der Waals surface area contributed by atoms with Gasteiger partial charge in [0.15, 0.2) is 0 Å². The van der Waals surface area contributed by atoms with Gasteiger partial charge in [-0.3, -0.25) is 9.99 Å². The van der Waals surface area contributed by atoms with Crippen molar-refractivity contribution in [3.05, 3.63) is 77.7 Å². The smallest absolute Gasteiger partial charge is 0.0900 e. The van der Waals surface area contributed by atoms with Crippen LogP contribution in [-0.4, -0.2) is 29.3 Å². The largest absolute Gasteiger partial charge is 0.300 e. The van der Waals surface area contributed by atoms with Crippen LogP contribution in [-0.2, 0) is 0 Å². The number of nitrogens with zero attached hydrogens (tertiary/aromatic N) is 3. The lowest BCUT2D eigenvalue weighted by atomic mass is 9.79. The average Bonchev–Trinajstić information content (AvgIpc) is 2.89. The molecule has 0 spiro atoms. The fraction of sp³-hybridized carbons (Fsp3) is 0.360. The summed E-state index contributed by atoms with van der Waals surface area (Å²) in [6.45, 7) is 11.8. The summed E-state index contributed by atoms with van der Waals surface area (Å²) in [5, 5.41) is 6.38. The standard InChI is InChI=1S/C14H17N.C11H16N2/c1-11(2)14(3)8-6-12-5-4-10-15-13(12)7-9-14;1-4-10-8-6-7-9-11(10)12-13(3)5-2/h4-11H,1-3H3;4,6-9H,5H2,1-3H3/b;10-4-,12-11-. The van der Waals surface area contributed by atoms with E-state index in [1.54, 1.807) is 0 Å². The van der Waals surface area contributed by atoms with Crippen molar-refractivity contribution < 1.29 is 0 Å². The number of hydrogen-bond acceptors (Lipinski definition) is 3. The van der Waals surface area contributed by atoms with Gasteiger partial charge >= 0.3 is 0 Å². The summed E-state index contributed by atoms with van der Waals surface area (Å²) in [5.41, 5.74) is 4.63. The molecule has 0 fully saturated rings. The molecule has 148 valence electrons. The molecule has 0 radical (unpaired) electrons. The van der Waals surface area contributed by atoms with Crippen molar-refractivity contribution in [1.29, 1.82) is 0 Å². The number of aromatic nitrogens is 1. The molecule has 2 aliphatic rings. The molecule has 0 aromatic carbocycles. The molecule has 0 N–H and O–H groups in total. The van der Waals surface area contributed by atoms with Crippen LogP contribution in [0.1, 0.15) is 45.9 Å². The zero-order valence-corrected chi connectivity index (χ0v) is 18.1. The Bertz CT molecular complexity index is 802. The zero-order chi connectivity index (χ0) is 20.6. The maximum atomic E-state index is 4.45. The molecule has 0 saturated heterocycles. The molecule has 0 bridgehead atoms. The van der Waals surface area contributed by atoms with Gasteiger partial charge in [0.05, 0.1) is 11.4 Å². The summed E-state index contributed by atoms with van der Waals surface area (Å²) in [6, 6.07) is 4.09. The van der Waals surface area contributed by atoms with Crippen molar-refractivity contribution >= 4 is 17.9 Å². The first-order valence-electron chi connectivity index (χ1n) is 10.0. The highest BCUT2D eigenvalue weighted by molar-refractivity contribution is 6.11. The van der Waals surface area contributed by atoms with Crippen LogP contribution >= 0.6 is 0 Å². The maximum absolute atomic E-state index is 4.45. The van der Waals surface area contributed by atoms with E-state index in [2.05, 4.69) is 80.3 Å². The lowest BCUT2D eigenvalue weighted by Crippen LogP contribution is -2.16. The Hall–Kier alpha value is -2.68. The summed E-state index contributed by atoms with van der Waals surface area (Å²) in [5.74, 6) is 0.597. The van der Waals surface area contributed by atoms with E-state index in [0.717, 1.165) is 18.0 Å². The van der Waals surface area contributed by atoms with Gasteiger partial charge in [0, 0.05) is 25.2 Å². The van der Waals surface area contributed by atoms with E-state index in [1.165, 1.54) is 11.1 Å². The maximum Gasteiger partial charge on any atom is 0.0900 e. The van der Waals surface area contributed by atoms with Crippen LogP contribution in [0.4, 0.5) is 0 Å². The Kier molecular flexibility index (Phi) is 7.74. The van der Waals surface area contributed by atoms with Gasteiger partial charge < -0.3 is 0 Å². The van der Waals surface area contributed by atoms with Crippen molar-refractivity contribution in [2.75, 3.05) is 13.6 Å². The summed E-state index contributed by atoms with van der Waals surface area (Å²) in [7, 11) is 1.98. The first-order valence-corrected chi connectivity index (χ1v) is 10.0. The third-order valence-corrected chi connectivity index (χ3v) is 5.32. The summed E-state index contributed by atoms with van der Waals surface area (Å²) in [6.07, 6.45) is 20.9. The van der Waals surface area contributed by atoms with Crippen molar-refractivity contribution in [3.8, 4) is 0 Å². The van der Waals surface area contributed by atoms with Crippen molar-refractivity contribution in [2.24, 2.45) is 16.4 Å². The second-order valence-corrected chi connectivity index (χ2v) is 7.59. The lowest BCUT2D eigenvalue weighted by molar-refractivity contribution is 0.376. The van der Waals surface area contributed by atoms with Gasteiger partial charge in [-0.15, -0.1) is 0 Å². The normalized spacial score (nSPS) is 22.8. The van der Waals surface area contributed by atoms with Crippen LogP contribution in [0.15, 0.2) is 71.5 Å². The third-order valence-electron chi connectivity index (χ3n) is 5.32. The van der Waals surface area contributed by atoms with Gasteiger partial charge in [0.1, 0.15) is 0 Å². The van der Waals surface area contributed by atoms with E-state index in [1.807, 2.05) is 49.5 Å². The van der Waals surface area contributed by atoms with Gasteiger partial charge in [-0.25, -0.2) is 0 Å². The zero-order valence-electron chi connectivity index (χ0n) is 18.1. The fourth-order valence-electron chi connectivity index (χ4n) is 2.76. The quantitative estimate of drug-likeness (QED) is 0.593. The average molecular weight is 376 g/mol. The highest BCUT2D eigenvalue weighted by atomic mass is 15.4. The molecule has 1 heterocycles. The summed E-state index contributed by atoms with van der Waals surface area (Å²) in [4.78, 5) is 4.37. The van der Waals surface area contributed by atoms with Crippen molar-refractivity contribution in [2.45, 2.75) is 34.6 Å². The van der Waals surface area contributed by atoms with E-state index in [0.29, 0.717) is 5.92 Å². The number of fused-ring (bicyclic) bond motifs is 1. The molecule has 3 nitrogen and oxygen atoms in total. The van der Waals surface area contributed by atoms with Crippen molar-refractivity contribution in [3.63, 3.8) is 0 Å². The molecule has 1 unspecified atom stereocenters. The number of allylic oxidation sites excluding steroid dienone is 8. The Morgan fingerprint density at radius 2 is 1.86 bits per heavy atom. The lowest BCUT2D eigenvalue weighted by Gasteiger charge is -2.26. The second kappa shape index (κ2) is 10.0. The molecular formula is C25H33N3.